The van der Waals surface area contributed by atoms with E-state index >= 15 is 0 Å². The number of ether oxygens (including phenoxy) is 1. The monoisotopic (exact) mass is 543 g/mol. The van der Waals surface area contributed by atoms with Gasteiger partial charge in [-0.05, 0) is 18.9 Å². The molecular formula is C18H25F3IN5OS. The van der Waals surface area contributed by atoms with Crippen molar-refractivity contribution in [2.75, 3.05) is 13.2 Å². The zero-order valence-corrected chi connectivity index (χ0v) is 19.6. The smallest absolute Gasteiger partial charge is 0.422 e. The quantitative estimate of drug-likeness (QED) is 0.292. The average Bonchev–Trinajstić information content (AvgIpc) is 3.12. The van der Waals surface area contributed by atoms with Gasteiger partial charge >= 0.3 is 6.18 Å². The van der Waals surface area contributed by atoms with E-state index in [1.165, 1.54) is 6.20 Å². The molecule has 0 saturated heterocycles. The summed E-state index contributed by atoms with van der Waals surface area (Å²) in [6.07, 6.45) is -3.03. The molecular weight excluding hydrogens is 518 g/mol. The van der Waals surface area contributed by atoms with Crippen molar-refractivity contribution in [3.8, 4) is 5.88 Å². The predicted molar refractivity (Wildman–Crippen MR) is 119 cm³/mol. The number of aliphatic imine (C=N–C) groups is 1. The summed E-state index contributed by atoms with van der Waals surface area (Å²) in [6.45, 7) is 6.00. The third-order valence-electron chi connectivity index (χ3n) is 3.54. The van der Waals surface area contributed by atoms with Gasteiger partial charge in [-0.25, -0.2) is 15.0 Å². The number of hydrogen-bond acceptors (Lipinski definition) is 5. The Kier molecular flexibility index (Phi) is 10.6. The summed E-state index contributed by atoms with van der Waals surface area (Å²) < 4.78 is 42.0. The summed E-state index contributed by atoms with van der Waals surface area (Å²) in [7, 11) is 0. The Morgan fingerprint density at radius 2 is 2.07 bits per heavy atom. The molecule has 0 saturated carbocycles. The fraction of sp³-hybridized carbons (Fsp3) is 0.500. The van der Waals surface area contributed by atoms with Crippen LogP contribution in [-0.2, 0) is 13.1 Å². The van der Waals surface area contributed by atoms with Crippen LogP contribution in [-0.4, -0.2) is 35.3 Å². The third kappa shape index (κ3) is 9.15. The summed E-state index contributed by atoms with van der Waals surface area (Å²) in [6, 6.07) is 3.27. The minimum Gasteiger partial charge on any atom is -0.468 e. The van der Waals surface area contributed by atoms with Crippen molar-refractivity contribution in [1.29, 1.82) is 0 Å². The Morgan fingerprint density at radius 3 is 2.69 bits per heavy atom. The summed E-state index contributed by atoms with van der Waals surface area (Å²) in [5.74, 6) is 0.836. The van der Waals surface area contributed by atoms with E-state index in [-0.39, 0.29) is 36.4 Å². The standard InChI is InChI=1S/C18H24F3N5OS.HI/c1-4-22-17(25-9-15-26-14(10-28-15)12(2)3)24-8-13-6-5-7-23-16(13)27-11-18(19,20)21;/h5-7,10,12H,4,8-9,11H2,1-3H3,(H2,22,24,25);1H. The Labute approximate surface area is 189 Å². The van der Waals surface area contributed by atoms with Crippen LogP contribution in [0.4, 0.5) is 13.2 Å². The summed E-state index contributed by atoms with van der Waals surface area (Å²) in [5, 5.41) is 9.25. The van der Waals surface area contributed by atoms with Crippen molar-refractivity contribution in [2.24, 2.45) is 4.99 Å². The first-order valence-corrected chi connectivity index (χ1v) is 9.76. The van der Waals surface area contributed by atoms with E-state index in [0.29, 0.717) is 30.5 Å². The largest absolute Gasteiger partial charge is 0.468 e. The second-order valence-electron chi connectivity index (χ2n) is 6.24. The van der Waals surface area contributed by atoms with E-state index < -0.39 is 12.8 Å². The van der Waals surface area contributed by atoms with Crippen LogP contribution in [0.3, 0.4) is 0 Å². The van der Waals surface area contributed by atoms with Crippen LogP contribution in [0.5, 0.6) is 5.88 Å². The lowest BCUT2D eigenvalue weighted by atomic mass is 10.2. The molecule has 162 valence electrons. The molecule has 0 atom stereocenters. The van der Waals surface area contributed by atoms with Gasteiger partial charge in [0.25, 0.3) is 0 Å². The number of nitrogens with zero attached hydrogens (tertiary/aromatic N) is 3. The molecule has 0 radical (unpaired) electrons. The predicted octanol–water partition coefficient (Wildman–Crippen LogP) is 4.48. The van der Waals surface area contributed by atoms with E-state index in [2.05, 4.69) is 39.4 Å². The SMILES string of the molecule is CCNC(=NCc1cccnc1OCC(F)(F)F)NCc1nc(C(C)C)cs1.I. The molecule has 0 fully saturated rings. The van der Waals surface area contributed by atoms with Gasteiger partial charge in [-0.3, -0.25) is 0 Å². The minimum atomic E-state index is -4.42. The number of pyridine rings is 1. The first kappa shape index (κ1) is 25.4. The van der Waals surface area contributed by atoms with Crippen molar-refractivity contribution in [3.63, 3.8) is 0 Å². The van der Waals surface area contributed by atoms with Crippen molar-refractivity contribution < 1.29 is 17.9 Å². The molecule has 6 nitrogen and oxygen atoms in total. The molecule has 0 spiro atoms. The maximum absolute atomic E-state index is 12.4. The maximum atomic E-state index is 12.4. The van der Waals surface area contributed by atoms with Crippen molar-refractivity contribution in [1.82, 2.24) is 20.6 Å². The zero-order chi connectivity index (χ0) is 20.6. The van der Waals surface area contributed by atoms with E-state index in [1.54, 1.807) is 23.5 Å². The molecule has 2 rings (SSSR count). The number of thiazole rings is 1. The highest BCUT2D eigenvalue weighted by atomic mass is 127. The van der Waals surface area contributed by atoms with E-state index in [4.69, 9.17) is 4.74 Å². The molecule has 0 bridgehead atoms. The Balaban J connectivity index is 0.00000420. The number of nitrogens with one attached hydrogen (secondary N) is 2. The van der Waals surface area contributed by atoms with Gasteiger partial charge in [0.1, 0.15) is 5.01 Å². The fourth-order valence-electron chi connectivity index (χ4n) is 2.16. The van der Waals surface area contributed by atoms with Crippen molar-refractivity contribution in [3.05, 3.63) is 40.0 Å². The van der Waals surface area contributed by atoms with E-state index in [1.807, 2.05) is 12.3 Å². The first-order chi connectivity index (χ1) is 13.3. The van der Waals surface area contributed by atoms with Gasteiger partial charge in [-0.1, -0.05) is 19.9 Å². The van der Waals surface area contributed by atoms with Crippen LogP contribution < -0.4 is 15.4 Å². The van der Waals surface area contributed by atoms with Crippen LogP contribution in [0.25, 0.3) is 0 Å². The average molecular weight is 543 g/mol. The molecule has 2 N–H and O–H groups in total. The van der Waals surface area contributed by atoms with Crippen LogP contribution in [0, 0.1) is 0 Å². The topological polar surface area (TPSA) is 71.4 Å². The number of alkyl halides is 3. The molecule has 2 aromatic heterocycles. The summed E-state index contributed by atoms with van der Waals surface area (Å²) >= 11 is 1.57. The lowest BCUT2D eigenvalue weighted by Crippen LogP contribution is -2.36. The first-order valence-electron chi connectivity index (χ1n) is 8.88. The molecule has 2 aromatic rings. The minimum absolute atomic E-state index is 0. The molecule has 0 aromatic carbocycles. The highest BCUT2D eigenvalue weighted by molar-refractivity contribution is 14.0. The highest BCUT2D eigenvalue weighted by Crippen LogP contribution is 2.20. The highest BCUT2D eigenvalue weighted by Gasteiger charge is 2.29. The van der Waals surface area contributed by atoms with Gasteiger partial charge < -0.3 is 15.4 Å². The summed E-state index contributed by atoms with van der Waals surface area (Å²) in [4.78, 5) is 12.9. The lowest BCUT2D eigenvalue weighted by molar-refractivity contribution is -0.154. The number of rotatable bonds is 8. The van der Waals surface area contributed by atoms with Crippen molar-refractivity contribution >= 4 is 41.3 Å². The van der Waals surface area contributed by atoms with Crippen LogP contribution in [0.1, 0.15) is 43.0 Å². The molecule has 11 heteroatoms. The third-order valence-corrected chi connectivity index (χ3v) is 4.41. The lowest BCUT2D eigenvalue weighted by Gasteiger charge is -2.12. The number of aromatic nitrogens is 2. The molecule has 0 aliphatic rings. The van der Waals surface area contributed by atoms with Crippen molar-refractivity contribution in [2.45, 2.75) is 46.0 Å². The van der Waals surface area contributed by atoms with Gasteiger partial charge in [-0.2, -0.15) is 13.2 Å². The Bertz CT molecular complexity index is 783. The maximum Gasteiger partial charge on any atom is 0.422 e. The molecule has 0 amide bonds. The van der Waals surface area contributed by atoms with Gasteiger partial charge in [0, 0.05) is 23.7 Å². The molecule has 0 unspecified atom stereocenters. The number of guanidine groups is 1. The van der Waals surface area contributed by atoms with Gasteiger partial charge in [0.05, 0.1) is 18.8 Å². The molecule has 0 aliphatic carbocycles. The second-order valence-corrected chi connectivity index (χ2v) is 7.18. The molecule has 29 heavy (non-hydrogen) atoms. The Morgan fingerprint density at radius 1 is 1.31 bits per heavy atom. The second kappa shape index (κ2) is 12.2. The van der Waals surface area contributed by atoms with E-state index in [0.717, 1.165) is 10.7 Å². The van der Waals surface area contributed by atoms with Gasteiger partial charge in [-0.15, -0.1) is 35.3 Å². The summed E-state index contributed by atoms with van der Waals surface area (Å²) in [5.41, 5.74) is 1.52. The zero-order valence-electron chi connectivity index (χ0n) is 16.4. The number of hydrogen-bond donors (Lipinski definition) is 2. The van der Waals surface area contributed by atoms with Crippen LogP contribution >= 0.6 is 35.3 Å². The molecule has 0 aliphatic heterocycles. The van der Waals surface area contributed by atoms with Crippen LogP contribution in [0.15, 0.2) is 28.7 Å². The van der Waals surface area contributed by atoms with Gasteiger partial charge in [0.2, 0.25) is 5.88 Å². The Hall–Kier alpha value is -1.63. The molecule has 2 heterocycles. The number of halogens is 4. The van der Waals surface area contributed by atoms with Gasteiger partial charge in [0.15, 0.2) is 12.6 Å². The fourth-order valence-corrected chi connectivity index (χ4v) is 3.06. The van der Waals surface area contributed by atoms with E-state index in [9.17, 15) is 13.2 Å². The normalized spacial score (nSPS) is 11.9. The van der Waals surface area contributed by atoms with Crippen LogP contribution in [0.2, 0.25) is 0 Å².